The summed E-state index contributed by atoms with van der Waals surface area (Å²) in [6.45, 7) is 2.85. The first-order chi connectivity index (χ1) is 30.1. The van der Waals surface area contributed by atoms with Gasteiger partial charge in [-0.25, -0.2) is 0 Å². The van der Waals surface area contributed by atoms with Gasteiger partial charge in [0.25, 0.3) is 0 Å². The van der Waals surface area contributed by atoms with Gasteiger partial charge >= 0.3 is 0 Å². The van der Waals surface area contributed by atoms with Gasteiger partial charge in [-0.2, -0.15) is 0 Å². The molecule has 0 saturated carbocycles. The van der Waals surface area contributed by atoms with Crippen molar-refractivity contribution in [2.75, 3.05) is 19.8 Å². The first-order valence-electron chi connectivity index (χ1n) is 25.3. The minimum Gasteiger partial charge on any atom is -0.394 e. The molecule has 2 heterocycles. The first kappa shape index (κ1) is 57.1. The Balaban J connectivity index is 1.84. The fourth-order valence-electron chi connectivity index (χ4n) is 8.65. The molecule has 9 N–H and O–H groups in total. The number of hydrogen-bond acceptors (Lipinski definition) is 13. The number of aliphatic hydroxyl groups is 8. The number of rotatable bonds is 39. The topological polar surface area (TPSA) is 228 Å². The molecule has 2 aliphatic heterocycles. The minimum atomic E-state index is -1.78. The van der Waals surface area contributed by atoms with Crippen molar-refractivity contribution in [3.8, 4) is 0 Å². The first-order valence-corrected chi connectivity index (χ1v) is 25.3. The van der Waals surface area contributed by atoms with Crippen LogP contribution >= 0.6 is 0 Å². The molecule has 368 valence electrons. The number of unbranched alkanes of at least 4 members (excludes halogenated alkanes) is 26. The standard InChI is InChI=1S/C48H93NO13/c1-3-5-7-9-11-13-15-17-18-20-22-24-26-28-30-32-40(53)49-36(37(52)31-29-27-25-23-21-19-16-14-12-10-8-6-4-2)35-59-47-45(58)43(56)46(39(34-51)61-47)62-48-44(57)42(55)41(54)38(33-50)60-48/h36-39,41-48,50-52,54-58H,3-35H2,1-2H3,(H,49,53)/t36-,37+,38+,39-,41+,42+,43-,44-,45-,46-,47-,48-/m0/s1. The van der Waals surface area contributed by atoms with Crippen LogP contribution in [-0.4, -0.2) is 140 Å². The molecular formula is C48H93NO13. The van der Waals surface area contributed by atoms with Gasteiger partial charge in [-0.05, 0) is 12.8 Å². The zero-order valence-corrected chi connectivity index (χ0v) is 38.9. The Morgan fingerprint density at radius 3 is 1.37 bits per heavy atom. The highest BCUT2D eigenvalue weighted by atomic mass is 16.7. The van der Waals surface area contributed by atoms with Gasteiger partial charge in [-0.1, -0.05) is 187 Å². The predicted octanol–water partition coefficient (Wildman–Crippen LogP) is 6.22. The lowest BCUT2D eigenvalue weighted by atomic mass is 9.97. The van der Waals surface area contributed by atoms with E-state index < -0.39 is 86.8 Å². The molecule has 0 aromatic heterocycles. The number of ether oxygens (including phenoxy) is 4. The van der Waals surface area contributed by atoms with Gasteiger partial charge in [0.1, 0.15) is 48.8 Å². The third-order valence-corrected chi connectivity index (χ3v) is 12.8. The van der Waals surface area contributed by atoms with Crippen LogP contribution in [0.4, 0.5) is 0 Å². The van der Waals surface area contributed by atoms with Crippen LogP contribution in [0, 0.1) is 0 Å². The number of carbonyl (C=O) groups is 1. The Labute approximate surface area is 374 Å². The van der Waals surface area contributed by atoms with Gasteiger partial charge < -0.3 is 65.1 Å². The second kappa shape index (κ2) is 36.2. The Hall–Kier alpha value is -1.01. The van der Waals surface area contributed by atoms with E-state index in [1.165, 1.54) is 128 Å². The Morgan fingerprint density at radius 2 is 0.919 bits per heavy atom. The van der Waals surface area contributed by atoms with E-state index in [2.05, 4.69) is 19.2 Å². The van der Waals surface area contributed by atoms with Crippen LogP contribution in [0.3, 0.4) is 0 Å². The summed E-state index contributed by atoms with van der Waals surface area (Å²) in [5.74, 6) is -0.205. The molecule has 0 aliphatic carbocycles. The number of carbonyl (C=O) groups excluding carboxylic acids is 1. The maximum atomic E-state index is 13.2. The van der Waals surface area contributed by atoms with Crippen molar-refractivity contribution in [2.45, 2.75) is 280 Å². The maximum Gasteiger partial charge on any atom is 0.220 e. The normalized spacial score (nSPS) is 27.6. The fourth-order valence-corrected chi connectivity index (χ4v) is 8.65. The zero-order chi connectivity index (χ0) is 45.4. The van der Waals surface area contributed by atoms with E-state index in [-0.39, 0.29) is 12.5 Å². The lowest BCUT2D eigenvalue weighted by Crippen LogP contribution is -2.65. The Bertz CT molecular complexity index is 1060. The van der Waals surface area contributed by atoms with Gasteiger partial charge in [0.05, 0.1) is 32.0 Å². The number of amides is 1. The summed E-state index contributed by atoms with van der Waals surface area (Å²) >= 11 is 0. The van der Waals surface area contributed by atoms with Crippen molar-refractivity contribution in [3.63, 3.8) is 0 Å². The van der Waals surface area contributed by atoms with Crippen molar-refractivity contribution in [1.29, 1.82) is 0 Å². The summed E-state index contributed by atoms with van der Waals surface area (Å²) in [6.07, 6.45) is 18.1. The average molecular weight is 892 g/mol. The van der Waals surface area contributed by atoms with Crippen LogP contribution in [0.5, 0.6) is 0 Å². The summed E-state index contributed by atoms with van der Waals surface area (Å²) < 4.78 is 22.7. The molecule has 0 aromatic carbocycles. The van der Waals surface area contributed by atoms with Crippen molar-refractivity contribution >= 4 is 5.91 Å². The second-order valence-electron chi connectivity index (χ2n) is 18.3. The molecule has 1 amide bonds. The Morgan fingerprint density at radius 1 is 0.516 bits per heavy atom. The summed E-state index contributed by atoms with van der Waals surface area (Å²) in [5, 5.41) is 86.8. The number of hydrogen-bond donors (Lipinski definition) is 9. The molecule has 0 aromatic rings. The molecule has 0 bridgehead atoms. The summed E-state index contributed by atoms with van der Waals surface area (Å²) in [4.78, 5) is 13.2. The van der Waals surface area contributed by atoms with E-state index in [1.54, 1.807) is 0 Å². The van der Waals surface area contributed by atoms with Crippen molar-refractivity contribution in [3.05, 3.63) is 0 Å². The molecule has 2 rings (SSSR count). The molecular weight excluding hydrogens is 799 g/mol. The van der Waals surface area contributed by atoms with Crippen LogP contribution in [0.25, 0.3) is 0 Å². The second-order valence-corrected chi connectivity index (χ2v) is 18.3. The van der Waals surface area contributed by atoms with Gasteiger partial charge in [0, 0.05) is 6.42 Å². The van der Waals surface area contributed by atoms with E-state index in [0.29, 0.717) is 12.8 Å². The molecule has 0 unspecified atom stereocenters. The molecule has 2 saturated heterocycles. The van der Waals surface area contributed by atoms with Gasteiger partial charge in [0.2, 0.25) is 5.91 Å². The summed E-state index contributed by atoms with van der Waals surface area (Å²) in [7, 11) is 0. The van der Waals surface area contributed by atoms with E-state index in [4.69, 9.17) is 18.9 Å². The molecule has 62 heavy (non-hydrogen) atoms. The smallest absolute Gasteiger partial charge is 0.220 e. The van der Waals surface area contributed by atoms with Crippen LogP contribution in [0.1, 0.15) is 206 Å². The van der Waals surface area contributed by atoms with E-state index >= 15 is 0 Å². The van der Waals surface area contributed by atoms with Crippen molar-refractivity contribution < 1.29 is 64.6 Å². The van der Waals surface area contributed by atoms with Gasteiger partial charge in [0.15, 0.2) is 12.6 Å². The lowest BCUT2D eigenvalue weighted by molar-refractivity contribution is -0.359. The maximum absolute atomic E-state index is 13.2. The quantitative estimate of drug-likeness (QED) is 0.0313. The molecule has 0 spiro atoms. The SMILES string of the molecule is CCCCCCCCCCCCCCCCCC(=O)N[C@@H](CO[C@H]1O[C@@H](CO)[C@H](O[C@@H]2O[C@H](CO)[C@@H](O)[C@@H](O)[C@@H]2O)[C@@H](O)[C@@H]1O)[C@H](O)CCCCCCCCCCCCCCC. The van der Waals surface area contributed by atoms with Crippen LogP contribution in [-0.2, 0) is 23.7 Å². The highest BCUT2D eigenvalue weighted by Crippen LogP contribution is 2.30. The zero-order valence-electron chi connectivity index (χ0n) is 38.9. The molecule has 14 heteroatoms. The summed E-state index contributed by atoms with van der Waals surface area (Å²) in [6, 6.07) is -0.820. The molecule has 2 fully saturated rings. The average Bonchev–Trinajstić information content (AvgIpc) is 3.27. The van der Waals surface area contributed by atoms with Gasteiger partial charge in [-0.15, -0.1) is 0 Å². The largest absolute Gasteiger partial charge is 0.394 e. The van der Waals surface area contributed by atoms with E-state index in [0.717, 1.165) is 51.4 Å². The Kier molecular flexibility index (Phi) is 33.3. The molecule has 12 atom stereocenters. The third kappa shape index (κ3) is 23.4. The van der Waals surface area contributed by atoms with E-state index in [1.807, 2.05) is 0 Å². The fraction of sp³-hybridized carbons (Fsp3) is 0.979. The number of aliphatic hydroxyl groups excluding tert-OH is 8. The lowest BCUT2D eigenvalue weighted by Gasteiger charge is -2.46. The monoisotopic (exact) mass is 892 g/mol. The third-order valence-electron chi connectivity index (χ3n) is 12.8. The predicted molar refractivity (Wildman–Crippen MR) is 240 cm³/mol. The van der Waals surface area contributed by atoms with Gasteiger partial charge in [-0.3, -0.25) is 4.79 Å². The van der Waals surface area contributed by atoms with Crippen LogP contribution < -0.4 is 5.32 Å². The molecule has 0 radical (unpaired) electrons. The highest BCUT2D eigenvalue weighted by molar-refractivity contribution is 5.76. The molecule has 14 nitrogen and oxygen atoms in total. The minimum absolute atomic E-state index is 0.205. The van der Waals surface area contributed by atoms with Crippen molar-refractivity contribution in [2.24, 2.45) is 0 Å². The number of nitrogens with one attached hydrogen (secondary N) is 1. The van der Waals surface area contributed by atoms with Crippen LogP contribution in [0.15, 0.2) is 0 Å². The van der Waals surface area contributed by atoms with Crippen LogP contribution in [0.2, 0.25) is 0 Å². The summed E-state index contributed by atoms with van der Waals surface area (Å²) in [5.41, 5.74) is 0. The molecule has 2 aliphatic rings. The van der Waals surface area contributed by atoms with E-state index in [9.17, 15) is 45.6 Å². The highest BCUT2D eigenvalue weighted by Gasteiger charge is 2.51. The van der Waals surface area contributed by atoms with Crippen molar-refractivity contribution in [1.82, 2.24) is 5.32 Å².